The lowest BCUT2D eigenvalue weighted by Crippen LogP contribution is -2.44. The van der Waals surface area contributed by atoms with E-state index >= 15 is 0 Å². The third-order valence-corrected chi connectivity index (χ3v) is 4.33. The van der Waals surface area contributed by atoms with Gasteiger partial charge < -0.3 is 24.6 Å². The molecule has 1 aromatic carbocycles. The molecule has 0 bridgehead atoms. The van der Waals surface area contributed by atoms with Gasteiger partial charge in [0.1, 0.15) is 17.5 Å². The van der Waals surface area contributed by atoms with Crippen molar-refractivity contribution in [1.82, 2.24) is 20.8 Å². The molecular weight excluding hydrogens is 388 g/mol. The maximum absolute atomic E-state index is 12.5. The van der Waals surface area contributed by atoms with Gasteiger partial charge in [-0.15, -0.1) is 0 Å². The van der Waals surface area contributed by atoms with Gasteiger partial charge in [0.15, 0.2) is 11.5 Å². The Morgan fingerprint density at radius 1 is 1.13 bits per heavy atom. The van der Waals surface area contributed by atoms with Crippen LogP contribution in [0.4, 0.5) is 0 Å². The molecule has 30 heavy (non-hydrogen) atoms. The van der Waals surface area contributed by atoms with Crippen LogP contribution in [0.5, 0.6) is 11.5 Å². The first-order valence-electron chi connectivity index (χ1n) is 9.19. The van der Waals surface area contributed by atoms with Crippen molar-refractivity contribution in [3.05, 3.63) is 60.0 Å². The summed E-state index contributed by atoms with van der Waals surface area (Å²) in [5.41, 5.74) is 1.35. The highest BCUT2D eigenvalue weighted by Crippen LogP contribution is 2.33. The Balaban J connectivity index is 1.64. The lowest BCUT2D eigenvalue weighted by atomic mass is 10.1. The fourth-order valence-corrected chi connectivity index (χ4v) is 2.69. The van der Waals surface area contributed by atoms with Crippen LogP contribution in [0.25, 0.3) is 11.3 Å². The Labute approximate surface area is 173 Å². The van der Waals surface area contributed by atoms with Crippen LogP contribution in [0.1, 0.15) is 23.1 Å². The van der Waals surface area contributed by atoms with Crippen LogP contribution in [0.15, 0.2) is 53.2 Å². The number of methoxy groups -OCH3 is 2. The molecule has 9 nitrogen and oxygen atoms in total. The number of hydrogen-bond donors (Lipinski definition) is 2. The van der Waals surface area contributed by atoms with Gasteiger partial charge in [-0.05, 0) is 37.3 Å². The Bertz CT molecular complexity index is 1020. The van der Waals surface area contributed by atoms with Gasteiger partial charge in [-0.2, -0.15) is 0 Å². The molecule has 3 aromatic rings. The number of nitrogens with zero attached hydrogens (tertiary/aromatic N) is 2. The number of carbonyl (C=O) groups excluding carboxylic acids is 2. The van der Waals surface area contributed by atoms with Crippen molar-refractivity contribution < 1.29 is 23.6 Å². The molecule has 2 amide bonds. The van der Waals surface area contributed by atoms with Crippen LogP contribution < -0.4 is 20.1 Å². The predicted octanol–water partition coefficient (Wildman–Crippen LogP) is 2.19. The maximum atomic E-state index is 12.5. The van der Waals surface area contributed by atoms with Crippen molar-refractivity contribution >= 4 is 11.8 Å². The molecule has 2 N–H and O–H groups in total. The van der Waals surface area contributed by atoms with E-state index in [1.54, 1.807) is 50.6 Å². The Kier molecular flexibility index (Phi) is 6.63. The average Bonchev–Trinajstić information content (AvgIpc) is 3.28. The Morgan fingerprint density at radius 3 is 2.67 bits per heavy atom. The number of aromatic nitrogens is 2. The SMILES string of the molecule is COc1ccc(OC)c(-c2cc(C(=O)N[C@@H](C)C(=O)NCc3ccccn3)no2)c1. The Hall–Kier alpha value is -3.88. The number of pyridine rings is 1. The van der Waals surface area contributed by atoms with E-state index in [-0.39, 0.29) is 18.1 Å². The summed E-state index contributed by atoms with van der Waals surface area (Å²) in [6.45, 7) is 1.85. The van der Waals surface area contributed by atoms with Gasteiger partial charge in [0.25, 0.3) is 5.91 Å². The van der Waals surface area contributed by atoms with E-state index in [1.807, 2.05) is 6.07 Å². The summed E-state index contributed by atoms with van der Waals surface area (Å²) in [5, 5.41) is 9.13. The lowest BCUT2D eigenvalue weighted by molar-refractivity contribution is -0.122. The molecule has 2 heterocycles. The lowest BCUT2D eigenvalue weighted by Gasteiger charge is -2.13. The first-order valence-corrected chi connectivity index (χ1v) is 9.19. The molecule has 0 saturated heterocycles. The van der Waals surface area contributed by atoms with Gasteiger partial charge in [-0.25, -0.2) is 0 Å². The second kappa shape index (κ2) is 9.55. The molecule has 2 aromatic heterocycles. The Morgan fingerprint density at radius 2 is 1.97 bits per heavy atom. The number of benzene rings is 1. The minimum absolute atomic E-state index is 0.0410. The van der Waals surface area contributed by atoms with Crippen molar-refractivity contribution in [2.75, 3.05) is 14.2 Å². The molecule has 0 aliphatic heterocycles. The van der Waals surface area contributed by atoms with Crippen molar-refractivity contribution in [2.45, 2.75) is 19.5 Å². The van der Waals surface area contributed by atoms with Crippen LogP contribution >= 0.6 is 0 Å². The normalized spacial score (nSPS) is 11.4. The van der Waals surface area contributed by atoms with E-state index in [1.165, 1.54) is 13.2 Å². The average molecular weight is 410 g/mol. The summed E-state index contributed by atoms with van der Waals surface area (Å²) < 4.78 is 15.9. The summed E-state index contributed by atoms with van der Waals surface area (Å²) in [6.07, 6.45) is 1.65. The summed E-state index contributed by atoms with van der Waals surface area (Å²) in [4.78, 5) is 28.8. The quantitative estimate of drug-likeness (QED) is 0.585. The van der Waals surface area contributed by atoms with Gasteiger partial charge in [-0.1, -0.05) is 11.2 Å². The number of nitrogens with one attached hydrogen (secondary N) is 2. The highest BCUT2D eigenvalue weighted by molar-refractivity contribution is 5.96. The maximum Gasteiger partial charge on any atom is 0.274 e. The fraction of sp³-hybridized carbons (Fsp3) is 0.238. The monoisotopic (exact) mass is 410 g/mol. The molecule has 3 rings (SSSR count). The second-order valence-electron chi connectivity index (χ2n) is 6.38. The highest BCUT2D eigenvalue weighted by Gasteiger charge is 2.21. The molecule has 0 radical (unpaired) electrons. The molecule has 0 fully saturated rings. The first kappa shape index (κ1) is 20.8. The minimum atomic E-state index is -0.771. The largest absolute Gasteiger partial charge is 0.497 e. The van der Waals surface area contributed by atoms with Crippen LogP contribution in [0.2, 0.25) is 0 Å². The second-order valence-corrected chi connectivity index (χ2v) is 6.38. The van der Waals surface area contributed by atoms with Gasteiger partial charge in [0.2, 0.25) is 5.91 Å². The van der Waals surface area contributed by atoms with Crippen molar-refractivity contribution in [3.63, 3.8) is 0 Å². The molecule has 0 spiro atoms. The molecule has 0 aliphatic carbocycles. The van der Waals surface area contributed by atoms with E-state index in [4.69, 9.17) is 14.0 Å². The topological polar surface area (TPSA) is 116 Å². The number of rotatable bonds is 8. The zero-order chi connectivity index (χ0) is 21.5. The van der Waals surface area contributed by atoms with Gasteiger partial charge >= 0.3 is 0 Å². The van der Waals surface area contributed by atoms with Crippen LogP contribution in [-0.4, -0.2) is 42.2 Å². The smallest absolute Gasteiger partial charge is 0.274 e. The van der Waals surface area contributed by atoms with Crippen molar-refractivity contribution in [3.8, 4) is 22.8 Å². The third kappa shape index (κ3) is 4.93. The van der Waals surface area contributed by atoms with Gasteiger partial charge in [0, 0.05) is 12.3 Å². The fourth-order valence-electron chi connectivity index (χ4n) is 2.69. The highest BCUT2D eigenvalue weighted by atomic mass is 16.5. The molecule has 0 unspecified atom stereocenters. The molecule has 0 aliphatic rings. The third-order valence-electron chi connectivity index (χ3n) is 4.33. The summed E-state index contributed by atoms with van der Waals surface area (Å²) in [6, 6.07) is 11.3. The number of hydrogen-bond acceptors (Lipinski definition) is 7. The molecule has 0 saturated carbocycles. The van der Waals surface area contributed by atoms with E-state index < -0.39 is 11.9 Å². The van der Waals surface area contributed by atoms with E-state index in [2.05, 4.69) is 20.8 Å². The minimum Gasteiger partial charge on any atom is -0.497 e. The number of ether oxygens (including phenoxy) is 2. The number of carbonyl (C=O) groups is 2. The van der Waals surface area contributed by atoms with Crippen LogP contribution in [0.3, 0.4) is 0 Å². The summed E-state index contributed by atoms with van der Waals surface area (Å²) in [7, 11) is 3.08. The summed E-state index contributed by atoms with van der Waals surface area (Å²) >= 11 is 0. The zero-order valence-electron chi connectivity index (χ0n) is 16.8. The van der Waals surface area contributed by atoms with Gasteiger partial charge in [-0.3, -0.25) is 14.6 Å². The van der Waals surface area contributed by atoms with E-state index in [0.717, 1.165) is 5.69 Å². The molecule has 156 valence electrons. The first-order chi connectivity index (χ1) is 14.5. The van der Waals surface area contributed by atoms with Crippen LogP contribution in [-0.2, 0) is 11.3 Å². The predicted molar refractivity (Wildman–Crippen MR) is 108 cm³/mol. The van der Waals surface area contributed by atoms with Crippen LogP contribution in [0, 0.1) is 0 Å². The van der Waals surface area contributed by atoms with E-state index in [9.17, 15) is 9.59 Å². The zero-order valence-corrected chi connectivity index (χ0v) is 16.8. The van der Waals surface area contributed by atoms with Gasteiger partial charge in [0.05, 0.1) is 32.0 Å². The summed E-state index contributed by atoms with van der Waals surface area (Å²) in [5.74, 6) is 0.607. The van der Waals surface area contributed by atoms with E-state index in [0.29, 0.717) is 22.8 Å². The molecular formula is C21H22N4O5. The molecule has 9 heteroatoms. The van der Waals surface area contributed by atoms with Crippen molar-refractivity contribution in [2.24, 2.45) is 0 Å². The number of amides is 2. The van der Waals surface area contributed by atoms with Crippen molar-refractivity contribution in [1.29, 1.82) is 0 Å². The molecule has 1 atom stereocenters. The standard InChI is InChI=1S/C21H22N4O5/c1-13(20(26)23-12-14-6-4-5-9-22-14)24-21(27)17-11-19(30-25-17)16-10-15(28-2)7-8-18(16)29-3/h4-11,13H,12H2,1-3H3,(H,23,26)(H,24,27)/t13-/m0/s1.